The quantitative estimate of drug-likeness (QED) is 0.577. The van der Waals surface area contributed by atoms with E-state index in [0.717, 1.165) is 5.02 Å². The van der Waals surface area contributed by atoms with E-state index in [1.165, 1.54) is 22.6 Å². The molecule has 0 bridgehead atoms. The van der Waals surface area contributed by atoms with Crippen LogP contribution in [0, 0.1) is 0 Å². The van der Waals surface area contributed by atoms with Gasteiger partial charge in [-0.1, -0.05) is 23.7 Å². The highest BCUT2D eigenvalue weighted by Gasteiger charge is 2.12. The number of thioether (sulfide) groups is 1. The van der Waals surface area contributed by atoms with Crippen molar-refractivity contribution in [3.63, 3.8) is 0 Å². The zero-order chi connectivity index (χ0) is 6.97. The first kappa shape index (κ1) is 6.56. The molecule has 0 saturated heterocycles. The molecule has 1 aromatic carbocycles. The Morgan fingerprint density at radius 2 is 2.30 bits per heavy atom. The summed E-state index contributed by atoms with van der Waals surface area (Å²) in [6.07, 6.45) is 1.18. The average Bonchev–Trinajstić information content (AvgIpc) is 2.36. The van der Waals surface area contributed by atoms with Crippen LogP contribution >= 0.6 is 23.4 Å². The second-order valence-corrected chi connectivity index (χ2v) is 3.84. The molecule has 0 fully saturated rings. The molecule has 0 N–H and O–H groups in total. The Morgan fingerprint density at radius 3 is 3.10 bits per heavy atom. The summed E-state index contributed by atoms with van der Waals surface area (Å²) < 4.78 is 0. The van der Waals surface area contributed by atoms with E-state index >= 15 is 0 Å². The lowest BCUT2D eigenvalue weighted by Crippen LogP contribution is -1.78. The predicted octanol–water partition coefficient (Wildman–Crippen LogP) is 2.99. The fourth-order valence-electron chi connectivity index (χ4n) is 1.18. The van der Waals surface area contributed by atoms with E-state index in [1.54, 1.807) is 0 Å². The van der Waals surface area contributed by atoms with E-state index in [1.807, 2.05) is 23.9 Å². The van der Waals surface area contributed by atoms with Crippen molar-refractivity contribution in [2.75, 3.05) is 5.75 Å². The Hall–Kier alpha value is -0.140. The van der Waals surface area contributed by atoms with Crippen molar-refractivity contribution in [3.05, 3.63) is 28.8 Å². The SMILES string of the molecule is Clc1cccc2c1SCC2. The first-order valence-electron chi connectivity index (χ1n) is 3.28. The van der Waals surface area contributed by atoms with Gasteiger partial charge in [0, 0.05) is 10.6 Å². The van der Waals surface area contributed by atoms with Gasteiger partial charge in [0.1, 0.15) is 0 Å². The van der Waals surface area contributed by atoms with Gasteiger partial charge < -0.3 is 0 Å². The van der Waals surface area contributed by atoms with Gasteiger partial charge in [-0.25, -0.2) is 0 Å². The van der Waals surface area contributed by atoms with Crippen molar-refractivity contribution in [1.29, 1.82) is 0 Å². The molecule has 1 aliphatic heterocycles. The lowest BCUT2D eigenvalue weighted by molar-refractivity contribution is 1.15. The molecule has 0 nitrogen and oxygen atoms in total. The summed E-state index contributed by atoms with van der Waals surface area (Å²) in [5, 5.41) is 0.917. The molecule has 52 valence electrons. The van der Waals surface area contributed by atoms with E-state index in [4.69, 9.17) is 11.6 Å². The third-order valence-corrected chi connectivity index (χ3v) is 3.27. The highest BCUT2D eigenvalue weighted by molar-refractivity contribution is 7.99. The van der Waals surface area contributed by atoms with Crippen LogP contribution in [0.4, 0.5) is 0 Å². The lowest BCUT2D eigenvalue weighted by Gasteiger charge is -1.97. The lowest BCUT2D eigenvalue weighted by atomic mass is 10.2. The van der Waals surface area contributed by atoms with Gasteiger partial charge >= 0.3 is 0 Å². The standard InChI is InChI=1S/C8H7ClS/c9-7-3-1-2-6-4-5-10-8(6)7/h1-3H,4-5H2. The highest BCUT2D eigenvalue weighted by atomic mass is 35.5. The van der Waals surface area contributed by atoms with Crippen molar-refractivity contribution in [2.45, 2.75) is 11.3 Å². The minimum absolute atomic E-state index is 0.917. The van der Waals surface area contributed by atoms with Gasteiger partial charge in [-0.2, -0.15) is 0 Å². The van der Waals surface area contributed by atoms with Crippen LogP contribution in [0.2, 0.25) is 5.02 Å². The molecule has 0 aliphatic carbocycles. The van der Waals surface area contributed by atoms with Gasteiger partial charge in [0.05, 0.1) is 5.02 Å². The maximum atomic E-state index is 5.95. The molecule has 0 aromatic heterocycles. The highest BCUT2D eigenvalue weighted by Crippen LogP contribution is 2.36. The zero-order valence-corrected chi connectivity index (χ0v) is 7.00. The van der Waals surface area contributed by atoms with Crippen LogP contribution in [-0.2, 0) is 6.42 Å². The summed E-state index contributed by atoms with van der Waals surface area (Å²) in [6, 6.07) is 6.13. The van der Waals surface area contributed by atoms with E-state index < -0.39 is 0 Å². The Labute approximate surface area is 69.6 Å². The van der Waals surface area contributed by atoms with Crippen LogP contribution in [0.5, 0.6) is 0 Å². The maximum absolute atomic E-state index is 5.95. The second-order valence-electron chi connectivity index (χ2n) is 2.33. The molecule has 0 unspecified atom stereocenters. The predicted molar refractivity (Wildman–Crippen MR) is 45.9 cm³/mol. The molecule has 0 atom stereocenters. The van der Waals surface area contributed by atoms with Crippen LogP contribution in [0.3, 0.4) is 0 Å². The van der Waals surface area contributed by atoms with Gasteiger partial charge in [-0.15, -0.1) is 11.8 Å². The third-order valence-electron chi connectivity index (χ3n) is 1.67. The number of aryl methyl sites for hydroxylation is 1. The first-order chi connectivity index (χ1) is 4.88. The summed E-state index contributed by atoms with van der Waals surface area (Å²) in [7, 11) is 0. The Balaban J connectivity index is 2.59. The Bertz CT molecular complexity index is 257. The molecular weight excluding hydrogens is 164 g/mol. The monoisotopic (exact) mass is 170 g/mol. The average molecular weight is 171 g/mol. The van der Waals surface area contributed by atoms with Crippen molar-refractivity contribution in [2.24, 2.45) is 0 Å². The number of halogens is 1. The van der Waals surface area contributed by atoms with E-state index in [2.05, 4.69) is 6.07 Å². The van der Waals surface area contributed by atoms with E-state index in [-0.39, 0.29) is 0 Å². The summed E-state index contributed by atoms with van der Waals surface area (Å²) >= 11 is 7.81. The number of fused-ring (bicyclic) bond motifs is 1. The third kappa shape index (κ3) is 0.938. The summed E-state index contributed by atoms with van der Waals surface area (Å²) in [4.78, 5) is 1.30. The van der Waals surface area contributed by atoms with Crippen molar-refractivity contribution < 1.29 is 0 Å². The molecule has 1 aromatic rings. The van der Waals surface area contributed by atoms with Crippen molar-refractivity contribution >= 4 is 23.4 Å². The molecule has 0 radical (unpaired) electrons. The number of benzene rings is 1. The number of rotatable bonds is 0. The van der Waals surface area contributed by atoms with Crippen LogP contribution in [0.1, 0.15) is 5.56 Å². The molecule has 0 amide bonds. The molecular formula is C8H7ClS. The van der Waals surface area contributed by atoms with Gasteiger partial charge in [0.2, 0.25) is 0 Å². The maximum Gasteiger partial charge on any atom is 0.0544 e. The molecule has 0 spiro atoms. The van der Waals surface area contributed by atoms with Crippen LogP contribution in [-0.4, -0.2) is 5.75 Å². The molecule has 1 heterocycles. The van der Waals surface area contributed by atoms with Gasteiger partial charge in [0.15, 0.2) is 0 Å². The zero-order valence-electron chi connectivity index (χ0n) is 5.43. The summed E-state index contributed by atoms with van der Waals surface area (Å²) in [6.45, 7) is 0. The van der Waals surface area contributed by atoms with E-state index in [9.17, 15) is 0 Å². The Morgan fingerprint density at radius 1 is 1.40 bits per heavy atom. The minimum Gasteiger partial charge on any atom is -0.124 e. The first-order valence-corrected chi connectivity index (χ1v) is 4.64. The van der Waals surface area contributed by atoms with Gasteiger partial charge in [-0.3, -0.25) is 0 Å². The largest absolute Gasteiger partial charge is 0.124 e. The fraction of sp³-hybridized carbons (Fsp3) is 0.250. The van der Waals surface area contributed by atoms with Crippen molar-refractivity contribution in [1.82, 2.24) is 0 Å². The smallest absolute Gasteiger partial charge is 0.0544 e. The molecule has 10 heavy (non-hydrogen) atoms. The summed E-state index contributed by atoms with van der Waals surface area (Å²) in [5.41, 5.74) is 1.41. The van der Waals surface area contributed by atoms with Crippen molar-refractivity contribution in [3.8, 4) is 0 Å². The normalized spacial score (nSPS) is 15.3. The van der Waals surface area contributed by atoms with Gasteiger partial charge in [0.25, 0.3) is 0 Å². The second kappa shape index (κ2) is 2.48. The summed E-state index contributed by atoms with van der Waals surface area (Å²) in [5.74, 6) is 1.19. The molecule has 2 heteroatoms. The van der Waals surface area contributed by atoms with Crippen LogP contribution in [0.25, 0.3) is 0 Å². The topological polar surface area (TPSA) is 0 Å². The van der Waals surface area contributed by atoms with Crippen LogP contribution in [0.15, 0.2) is 23.1 Å². The number of hydrogen-bond donors (Lipinski definition) is 0. The number of hydrogen-bond acceptors (Lipinski definition) is 1. The van der Waals surface area contributed by atoms with Gasteiger partial charge in [-0.05, 0) is 18.1 Å². The van der Waals surface area contributed by atoms with E-state index in [0.29, 0.717) is 0 Å². The molecule has 0 saturated carbocycles. The molecule has 1 aliphatic rings. The minimum atomic E-state index is 0.917. The van der Waals surface area contributed by atoms with Crippen LogP contribution < -0.4 is 0 Å². The molecule has 2 rings (SSSR count). The fourth-order valence-corrected chi connectivity index (χ4v) is 2.62. The Kier molecular flexibility index (Phi) is 1.63.